The molecular weight excluding hydrogens is 438 g/mol. The van der Waals surface area contributed by atoms with E-state index in [-0.39, 0.29) is 11.3 Å². The van der Waals surface area contributed by atoms with Gasteiger partial charge >= 0.3 is 6.03 Å². The first-order valence-electron chi connectivity index (χ1n) is 10.3. The summed E-state index contributed by atoms with van der Waals surface area (Å²) in [5.41, 5.74) is 1.81. The summed E-state index contributed by atoms with van der Waals surface area (Å²) in [5.74, 6) is -3.09. The standard InChI is InChI=1S/C24H17F4N3O2/c25-14-4-6-16(18(27)11-14)13-3-8-22-20(10-13)30-23(33-22)21-2-1-9-31(21)24(32)29-15-5-7-17(26)19(28)12-15/h3-8,10-12,21H,1-2,9H2,(H,29,32)/t21-/m0/s1. The molecule has 0 saturated carbocycles. The zero-order valence-electron chi connectivity index (χ0n) is 17.1. The summed E-state index contributed by atoms with van der Waals surface area (Å²) < 4.78 is 59.9. The van der Waals surface area contributed by atoms with Crippen molar-refractivity contribution in [1.29, 1.82) is 0 Å². The Balaban J connectivity index is 1.40. The number of amides is 2. The second-order valence-electron chi connectivity index (χ2n) is 7.77. The molecule has 0 radical (unpaired) electrons. The first-order valence-corrected chi connectivity index (χ1v) is 10.3. The molecule has 2 amide bonds. The van der Waals surface area contributed by atoms with Crippen LogP contribution in [0.3, 0.4) is 0 Å². The number of benzene rings is 3. The molecule has 5 nitrogen and oxygen atoms in total. The highest BCUT2D eigenvalue weighted by molar-refractivity contribution is 5.90. The molecule has 1 aliphatic heterocycles. The fourth-order valence-electron chi connectivity index (χ4n) is 4.01. The second kappa shape index (κ2) is 8.23. The minimum absolute atomic E-state index is 0.132. The van der Waals surface area contributed by atoms with E-state index in [9.17, 15) is 22.4 Å². The van der Waals surface area contributed by atoms with Crippen molar-refractivity contribution in [3.63, 3.8) is 0 Å². The van der Waals surface area contributed by atoms with Gasteiger partial charge in [-0.3, -0.25) is 0 Å². The van der Waals surface area contributed by atoms with Crippen LogP contribution in [0, 0.1) is 23.3 Å². The van der Waals surface area contributed by atoms with Gasteiger partial charge in [-0.25, -0.2) is 27.3 Å². The number of rotatable bonds is 3. The van der Waals surface area contributed by atoms with E-state index >= 15 is 0 Å². The number of urea groups is 1. The smallest absolute Gasteiger partial charge is 0.322 e. The Bertz CT molecular complexity index is 1370. The number of hydrogen-bond donors (Lipinski definition) is 1. The van der Waals surface area contributed by atoms with Gasteiger partial charge in [0.25, 0.3) is 0 Å². The van der Waals surface area contributed by atoms with Crippen LogP contribution >= 0.6 is 0 Å². The van der Waals surface area contributed by atoms with E-state index < -0.39 is 35.3 Å². The van der Waals surface area contributed by atoms with Crippen molar-refractivity contribution in [3.05, 3.63) is 83.8 Å². The maximum atomic E-state index is 14.2. The Hall–Kier alpha value is -3.88. The average molecular weight is 455 g/mol. The zero-order valence-corrected chi connectivity index (χ0v) is 17.1. The summed E-state index contributed by atoms with van der Waals surface area (Å²) in [6.45, 7) is 0.435. The fourth-order valence-corrected chi connectivity index (χ4v) is 4.01. The molecule has 1 aliphatic rings. The van der Waals surface area contributed by atoms with Crippen LogP contribution in [0.2, 0.25) is 0 Å². The van der Waals surface area contributed by atoms with Crippen molar-refractivity contribution in [3.8, 4) is 11.1 Å². The van der Waals surface area contributed by atoms with Crippen LogP contribution in [0.15, 0.2) is 59.0 Å². The number of anilines is 1. The average Bonchev–Trinajstić information content (AvgIpc) is 3.42. The van der Waals surface area contributed by atoms with E-state index in [2.05, 4.69) is 10.3 Å². The van der Waals surface area contributed by atoms with Crippen LogP contribution in [0.25, 0.3) is 22.2 Å². The van der Waals surface area contributed by atoms with E-state index in [1.165, 1.54) is 23.1 Å². The minimum atomic E-state index is -1.06. The first kappa shape index (κ1) is 21.0. The van der Waals surface area contributed by atoms with Gasteiger partial charge in [0.15, 0.2) is 17.2 Å². The Morgan fingerprint density at radius 2 is 1.82 bits per heavy atom. The molecule has 5 rings (SSSR count). The quantitative estimate of drug-likeness (QED) is 0.363. The molecule has 0 spiro atoms. The summed E-state index contributed by atoms with van der Waals surface area (Å²) in [6, 6.07) is 10.5. The van der Waals surface area contributed by atoms with Crippen molar-refractivity contribution in [2.45, 2.75) is 18.9 Å². The molecule has 1 atom stereocenters. The number of nitrogens with one attached hydrogen (secondary N) is 1. The molecule has 0 bridgehead atoms. The third-order valence-electron chi connectivity index (χ3n) is 5.62. The van der Waals surface area contributed by atoms with Gasteiger partial charge in [0.2, 0.25) is 5.89 Å². The van der Waals surface area contributed by atoms with Crippen LogP contribution in [0.1, 0.15) is 24.8 Å². The molecule has 168 valence electrons. The van der Waals surface area contributed by atoms with Gasteiger partial charge in [-0.15, -0.1) is 0 Å². The number of hydrogen-bond acceptors (Lipinski definition) is 3. The number of halogens is 4. The molecule has 9 heteroatoms. The Labute approximate surface area is 185 Å². The van der Waals surface area contributed by atoms with Crippen LogP contribution in [-0.2, 0) is 0 Å². The number of carbonyl (C=O) groups excluding carboxylic acids is 1. The van der Waals surface area contributed by atoms with Gasteiger partial charge in [-0.2, -0.15) is 0 Å². The number of aromatic nitrogens is 1. The second-order valence-corrected chi connectivity index (χ2v) is 7.77. The van der Waals surface area contributed by atoms with E-state index in [0.717, 1.165) is 18.2 Å². The molecule has 33 heavy (non-hydrogen) atoms. The molecule has 4 aromatic rings. The van der Waals surface area contributed by atoms with Gasteiger partial charge in [0.1, 0.15) is 23.2 Å². The molecule has 1 N–H and O–H groups in total. The van der Waals surface area contributed by atoms with Gasteiger partial charge in [-0.1, -0.05) is 6.07 Å². The SMILES string of the molecule is O=C(Nc1ccc(F)c(F)c1)N1CCC[C@H]1c1nc2cc(-c3ccc(F)cc3F)ccc2o1. The Morgan fingerprint density at radius 3 is 2.61 bits per heavy atom. The molecule has 2 heterocycles. The molecule has 1 aromatic heterocycles. The summed E-state index contributed by atoms with van der Waals surface area (Å²) in [4.78, 5) is 18.8. The first-order chi connectivity index (χ1) is 15.9. The number of nitrogens with zero attached hydrogens (tertiary/aromatic N) is 2. The van der Waals surface area contributed by atoms with Gasteiger partial charge < -0.3 is 14.6 Å². The molecular formula is C24H17F4N3O2. The highest BCUT2D eigenvalue weighted by atomic mass is 19.2. The van der Waals surface area contributed by atoms with E-state index in [1.807, 2.05) is 0 Å². The number of likely N-dealkylation sites (tertiary alicyclic amines) is 1. The van der Waals surface area contributed by atoms with Crippen molar-refractivity contribution < 1.29 is 26.8 Å². The maximum Gasteiger partial charge on any atom is 0.322 e. The number of oxazole rings is 1. The summed E-state index contributed by atoms with van der Waals surface area (Å²) in [7, 11) is 0. The lowest BCUT2D eigenvalue weighted by Gasteiger charge is -2.22. The monoisotopic (exact) mass is 455 g/mol. The van der Waals surface area contributed by atoms with Gasteiger partial charge in [-0.05, 0) is 54.8 Å². The van der Waals surface area contributed by atoms with Gasteiger partial charge in [0.05, 0.1) is 0 Å². The predicted octanol–water partition coefficient (Wildman–Crippen LogP) is 6.42. The highest BCUT2D eigenvalue weighted by Crippen LogP contribution is 2.35. The lowest BCUT2D eigenvalue weighted by molar-refractivity contribution is 0.199. The van der Waals surface area contributed by atoms with Crippen molar-refractivity contribution >= 4 is 22.8 Å². The van der Waals surface area contributed by atoms with Crippen molar-refractivity contribution in [2.24, 2.45) is 0 Å². The van der Waals surface area contributed by atoms with E-state index in [0.29, 0.717) is 41.9 Å². The number of carbonyl (C=O) groups is 1. The van der Waals surface area contributed by atoms with Crippen LogP contribution in [0.4, 0.5) is 28.0 Å². The molecule has 3 aromatic carbocycles. The van der Waals surface area contributed by atoms with Crippen molar-refractivity contribution in [2.75, 3.05) is 11.9 Å². The Kier molecular flexibility index (Phi) is 5.24. The Morgan fingerprint density at radius 1 is 0.970 bits per heavy atom. The van der Waals surface area contributed by atoms with E-state index in [1.54, 1.807) is 18.2 Å². The van der Waals surface area contributed by atoms with Crippen molar-refractivity contribution in [1.82, 2.24) is 9.88 Å². The highest BCUT2D eigenvalue weighted by Gasteiger charge is 2.34. The summed E-state index contributed by atoms with van der Waals surface area (Å²) >= 11 is 0. The van der Waals surface area contributed by atoms with Gasteiger partial charge in [0, 0.05) is 29.9 Å². The normalized spacial score (nSPS) is 15.9. The third-order valence-corrected chi connectivity index (χ3v) is 5.62. The summed E-state index contributed by atoms with van der Waals surface area (Å²) in [5, 5.41) is 2.57. The largest absolute Gasteiger partial charge is 0.438 e. The predicted molar refractivity (Wildman–Crippen MR) is 113 cm³/mol. The lowest BCUT2D eigenvalue weighted by atomic mass is 10.0. The van der Waals surface area contributed by atoms with Crippen LogP contribution in [0.5, 0.6) is 0 Å². The number of fused-ring (bicyclic) bond motifs is 1. The van der Waals surface area contributed by atoms with Crippen LogP contribution in [-0.4, -0.2) is 22.5 Å². The lowest BCUT2D eigenvalue weighted by Crippen LogP contribution is -2.34. The molecule has 1 saturated heterocycles. The minimum Gasteiger partial charge on any atom is -0.438 e. The maximum absolute atomic E-state index is 14.2. The van der Waals surface area contributed by atoms with Crippen LogP contribution < -0.4 is 5.32 Å². The fraction of sp³-hybridized carbons (Fsp3) is 0.167. The summed E-state index contributed by atoms with van der Waals surface area (Å²) in [6.07, 6.45) is 1.32. The molecule has 0 unspecified atom stereocenters. The van der Waals surface area contributed by atoms with E-state index in [4.69, 9.17) is 4.42 Å². The topological polar surface area (TPSA) is 58.4 Å². The molecule has 0 aliphatic carbocycles. The zero-order chi connectivity index (χ0) is 23.1. The third kappa shape index (κ3) is 4.02. The molecule has 1 fully saturated rings.